The van der Waals surface area contributed by atoms with E-state index in [9.17, 15) is 28.8 Å². The first-order valence-corrected chi connectivity index (χ1v) is 14.7. The normalized spacial score (nSPS) is 25.1. The minimum absolute atomic E-state index is 0. The molecular weight excluding hydrogens is 499 g/mol. The van der Waals surface area contributed by atoms with Gasteiger partial charge in [0.25, 0.3) is 0 Å². The van der Waals surface area contributed by atoms with Gasteiger partial charge < -0.3 is 43.1 Å². The molecule has 0 spiro atoms. The first kappa shape index (κ1) is 36.7. The number of unbranched alkanes of at least 4 members (excludes halogenated alkanes) is 13. The summed E-state index contributed by atoms with van der Waals surface area (Å²) in [5, 5.41) is 39.7. The Morgan fingerprint density at radius 3 is 1.75 bits per heavy atom. The topological polar surface area (TPSA) is 143 Å². The van der Waals surface area contributed by atoms with Crippen LogP contribution in [0.15, 0.2) is 0 Å². The quantitative estimate of drug-likeness (QED) is 0.0834. The van der Waals surface area contributed by atoms with Crippen molar-refractivity contribution >= 4 is 10.7 Å². The maximum atomic E-state index is 10.9. The van der Waals surface area contributed by atoms with Gasteiger partial charge in [-0.25, -0.2) is 0 Å². The number of rotatable bonds is 22. The van der Waals surface area contributed by atoms with E-state index in [4.69, 9.17) is 14.2 Å². The maximum Gasteiger partial charge on any atom is 1.00 e. The molecule has 1 saturated heterocycles. The Bertz CT molecular complexity index is 574. The Morgan fingerprint density at radius 2 is 1.25 bits per heavy atom. The number of hydrogen-bond acceptors (Lipinski definition) is 10. The number of aliphatic hydroxyl groups excluding tert-OH is 4. The van der Waals surface area contributed by atoms with Crippen molar-refractivity contribution in [3.8, 4) is 0 Å². The van der Waals surface area contributed by atoms with E-state index >= 15 is 0 Å². The van der Waals surface area contributed by atoms with Crippen LogP contribution in [0.3, 0.4) is 0 Å². The molecule has 4 N–H and O–H groups in total. The molecule has 0 unspecified atom stereocenters. The predicted molar refractivity (Wildman–Crippen MR) is 133 cm³/mol. The largest absolute Gasteiger partial charge is 1.00 e. The summed E-state index contributed by atoms with van der Waals surface area (Å²) in [7, 11) is -2.50. The van der Waals surface area contributed by atoms with Crippen LogP contribution in [0.2, 0.25) is 0 Å². The van der Waals surface area contributed by atoms with E-state index < -0.39 is 53.3 Å². The van der Waals surface area contributed by atoms with Crippen LogP contribution in [0.25, 0.3) is 0 Å². The van der Waals surface area contributed by atoms with Crippen LogP contribution in [0.5, 0.6) is 0 Å². The first-order valence-electron chi connectivity index (χ1n) is 13.5. The van der Waals surface area contributed by atoms with Crippen molar-refractivity contribution in [3.05, 3.63) is 0 Å². The van der Waals surface area contributed by atoms with Crippen molar-refractivity contribution in [1.29, 1.82) is 0 Å². The van der Waals surface area contributed by atoms with Gasteiger partial charge >= 0.3 is 29.6 Å². The van der Waals surface area contributed by atoms with Crippen molar-refractivity contribution in [2.45, 2.75) is 134 Å². The summed E-state index contributed by atoms with van der Waals surface area (Å²) in [5.74, 6) is -0.546. The molecule has 0 radical (unpaired) electrons. The van der Waals surface area contributed by atoms with E-state index in [1.54, 1.807) is 0 Å². The Balaban J connectivity index is 0.0000122. The van der Waals surface area contributed by atoms with Gasteiger partial charge in [0.2, 0.25) is 0 Å². The van der Waals surface area contributed by atoms with Crippen LogP contribution >= 0.6 is 0 Å². The monoisotopic (exact) mass is 548 g/mol. The third kappa shape index (κ3) is 17.3. The van der Waals surface area contributed by atoms with Crippen molar-refractivity contribution in [2.75, 3.05) is 25.6 Å². The Kier molecular flexibility index (Phi) is 24.0. The van der Waals surface area contributed by atoms with Gasteiger partial charge in [0.05, 0.1) is 19.3 Å². The molecule has 0 aliphatic carbocycles. The van der Waals surface area contributed by atoms with E-state index in [2.05, 4.69) is 6.92 Å². The molecule has 6 atom stereocenters. The van der Waals surface area contributed by atoms with Gasteiger partial charge in [0, 0.05) is 6.61 Å². The summed E-state index contributed by atoms with van der Waals surface area (Å²) in [4.78, 5) is 0. The van der Waals surface area contributed by atoms with Gasteiger partial charge in [-0.15, -0.1) is 0 Å². The van der Waals surface area contributed by atoms with E-state index in [-0.39, 0.29) is 42.8 Å². The molecule has 1 aliphatic rings. The second-order valence-electron chi connectivity index (χ2n) is 9.64. The standard InChI is InChI=1S/C25H49O9S.Na/c1-2-3-4-5-6-7-8-9-10-11-12-13-14-15-16-32-17-20(26)18-33-25-24(29)23(28)22(27)21(34-25)19-35(30)31;/h20-29H,2-19H2,1H3;/q-1;+1/t20-,21+,22+,23-,24+,25+;/m0./s1. The fourth-order valence-electron chi connectivity index (χ4n) is 4.20. The van der Waals surface area contributed by atoms with Gasteiger partial charge in [0.1, 0.15) is 24.4 Å². The van der Waals surface area contributed by atoms with Crippen LogP contribution in [0.1, 0.15) is 96.8 Å². The SMILES string of the molecule is CCCCCCCCCCCCCCCCOC[C@H](O)CO[C@@H]1O[C@H](C[S-](=O)=O)[C@@H](O)[C@H](O)[C@H]1O.[Na+]. The number of ether oxygens (including phenoxy) is 3. The fourth-order valence-corrected chi connectivity index (χ4v) is 4.74. The summed E-state index contributed by atoms with van der Waals surface area (Å²) in [6.45, 7) is 2.62. The zero-order chi connectivity index (χ0) is 25.9. The zero-order valence-corrected chi connectivity index (χ0v) is 25.2. The van der Waals surface area contributed by atoms with Crippen molar-refractivity contribution in [1.82, 2.24) is 0 Å². The molecule has 0 aromatic carbocycles. The molecule has 210 valence electrons. The molecule has 0 amide bonds. The molecule has 11 heteroatoms. The Hall–Kier alpha value is 0.670. The molecule has 0 aromatic rings. The minimum Gasteiger partial charge on any atom is -0.424 e. The zero-order valence-electron chi connectivity index (χ0n) is 22.4. The average molecular weight is 549 g/mol. The predicted octanol–water partition coefficient (Wildman–Crippen LogP) is -0.0173. The van der Waals surface area contributed by atoms with E-state index in [1.807, 2.05) is 0 Å². The number of hydrogen-bond donors (Lipinski definition) is 4. The molecule has 9 nitrogen and oxygen atoms in total. The van der Waals surface area contributed by atoms with Gasteiger partial charge in [0.15, 0.2) is 6.29 Å². The van der Waals surface area contributed by atoms with Crippen molar-refractivity contribution in [3.63, 3.8) is 0 Å². The van der Waals surface area contributed by atoms with Gasteiger partial charge in [-0.2, -0.15) is 0 Å². The maximum absolute atomic E-state index is 10.9. The molecule has 0 aromatic heterocycles. The molecule has 1 heterocycles. The Morgan fingerprint density at radius 1 is 0.750 bits per heavy atom. The number of aliphatic hydroxyl groups is 4. The molecule has 0 bridgehead atoms. The minimum atomic E-state index is -2.50. The summed E-state index contributed by atoms with van der Waals surface area (Å²) in [6.07, 6.45) is 9.70. The van der Waals surface area contributed by atoms with Crippen LogP contribution in [-0.2, 0) is 33.3 Å². The van der Waals surface area contributed by atoms with Crippen LogP contribution < -0.4 is 29.6 Å². The van der Waals surface area contributed by atoms with Crippen molar-refractivity contribution < 1.29 is 72.6 Å². The summed E-state index contributed by atoms with van der Waals surface area (Å²) < 4.78 is 37.8. The molecular formula is C25H49NaO9S. The van der Waals surface area contributed by atoms with Crippen LogP contribution in [-0.4, -0.2) is 82.8 Å². The van der Waals surface area contributed by atoms with Crippen LogP contribution in [0, 0.1) is 0 Å². The molecule has 0 saturated carbocycles. The second kappa shape index (κ2) is 23.5. The molecule has 1 aliphatic heterocycles. The third-order valence-corrected chi connectivity index (χ3v) is 6.97. The first-order chi connectivity index (χ1) is 16.9. The van der Waals surface area contributed by atoms with Crippen LogP contribution in [0.4, 0.5) is 0 Å². The van der Waals surface area contributed by atoms with E-state index in [0.29, 0.717) is 6.61 Å². The average Bonchev–Trinajstić information content (AvgIpc) is 2.83. The fraction of sp³-hybridized carbons (Fsp3) is 1.00. The third-order valence-electron chi connectivity index (χ3n) is 6.37. The van der Waals surface area contributed by atoms with Gasteiger partial charge in [-0.1, -0.05) is 101 Å². The summed E-state index contributed by atoms with van der Waals surface area (Å²) in [5.41, 5.74) is 0. The molecule has 1 fully saturated rings. The van der Waals surface area contributed by atoms with Gasteiger partial charge in [-0.3, -0.25) is 0 Å². The smallest absolute Gasteiger partial charge is 0.424 e. The Labute approximate surface area is 241 Å². The van der Waals surface area contributed by atoms with Gasteiger partial charge in [-0.05, 0) is 12.2 Å². The molecule has 1 rings (SSSR count). The van der Waals surface area contributed by atoms with E-state index in [0.717, 1.165) is 12.8 Å². The summed E-state index contributed by atoms with van der Waals surface area (Å²) >= 11 is 0. The second-order valence-corrected chi connectivity index (χ2v) is 10.6. The van der Waals surface area contributed by atoms with Crippen molar-refractivity contribution in [2.24, 2.45) is 0 Å². The summed E-state index contributed by atoms with van der Waals surface area (Å²) in [6, 6.07) is 0. The molecule has 36 heavy (non-hydrogen) atoms. The van der Waals surface area contributed by atoms with E-state index in [1.165, 1.54) is 77.0 Å².